The lowest BCUT2D eigenvalue weighted by molar-refractivity contribution is 0.171. The monoisotopic (exact) mass is 351 g/mol. The molecule has 2 N–H and O–H groups in total. The van der Waals surface area contributed by atoms with E-state index in [0.717, 1.165) is 5.56 Å². The Bertz CT molecular complexity index is 908. The van der Waals surface area contributed by atoms with Crippen LogP contribution < -0.4 is 20.1 Å². The molecule has 0 aliphatic carbocycles. The Morgan fingerprint density at radius 1 is 1.04 bits per heavy atom. The summed E-state index contributed by atoms with van der Waals surface area (Å²) in [5.41, 5.74) is 2.15. The Morgan fingerprint density at radius 3 is 2.69 bits per heavy atom. The molecule has 4 rings (SSSR count). The molecule has 0 spiro atoms. The number of nitrogens with zero attached hydrogens (tertiary/aromatic N) is 1. The van der Waals surface area contributed by atoms with Gasteiger partial charge < -0.3 is 24.5 Å². The second-order valence-corrected chi connectivity index (χ2v) is 5.68. The zero-order valence-electron chi connectivity index (χ0n) is 13.9. The van der Waals surface area contributed by atoms with Gasteiger partial charge >= 0.3 is 6.03 Å². The van der Waals surface area contributed by atoms with Gasteiger partial charge in [-0.1, -0.05) is 18.2 Å². The molecule has 0 saturated carbocycles. The number of urea groups is 1. The molecule has 0 unspecified atom stereocenters. The number of hydrogen-bond acceptors (Lipinski definition) is 5. The van der Waals surface area contributed by atoms with Crippen LogP contribution >= 0.6 is 0 Å². The lowest BCUT2D eigenvalue weighted by Crippen LogP contribution is -2.28. The van der Waals surface area contributed by atoms with Crippen LogP contribution in [0, 0.1) is 0 Å². The van der Waals surface area contributed by atoms with Crippen LogP contribution in [0.15, 0.2) is 59.2 Å². The number of anilines is 1. The number of nitrogens with one attached hydrogen (secondary N) is 2. The van der Waals surface area contributed by atoms with Gasteiger partial charge in [0.2, 0.25) is 5.89 Å². The Kier molecular flexibility index (Phi) is 4.42. The summed E-state index contributed by atoms with van der Waals surface area (Å²) in [6.45, 7) is 1.29. The van der Waals surface area contributed by atoms with Crippen LogP contribution in [0.4, 0.5) is 10.5 Å². The average Bonchev–Trinajstić information content (AvgIpc) is 3.16. The van der Waals surface area contributed by atoms with Crippen molar-refractivity contribution in [2.75, 3.05) is 18.5 Å². The summed E-state index contributed by atoms with van der Waals surface area (Å²) in [6.07, 6.45) is 1.53. The molecule has 0 atom stereocenters. The molecule has 7 heteroatoms. The quantitative estimate of drug-likeness (QED) is 0.752. The molecular formula is C19H17N3O4. The number of amides is 2. The highest BCUT2D eigenvalue weighted by atomic mass is 16.6. The summed E-state index contributed by atoms with van der Waals surface area (Å²) < 4.78 is 16.4. The maximum Gasteiger partial charge on any atom is 0.319 e. The molecule has 1 aliphatic rings. The van der Waals surface area contributed by atoms with Crippen molar-refractivity contribution in [3.05, 3.63) is 60.5 Å². The van der Waals surface area contributed by atoms with Crippen LogP contribution in [0.1, 0.15) is 5.69 Å². The van der Waals surface area contributed by atoms with Crippen molar-refractivity contribution in [3.8, 4) is 23.0 Å². The summed E-state index contributed by atoms with van der Waals surface area (Å²) in [7, 11) is 0. The number of hydrogen-bond donors (Lipinski definition) is 2. The molecule has 2 aromatic carbocycles. The van der Waals surface area contributed by atoms with Gasteiger partial charge in [0.15, 0.2) is 11.5 Å². The fourth-order valence-corrected chi connectivity index (χ4v) is 2.57. The van der Waals surface area contributed by atoms with Crippen molar-refractivity contribution in [1.29, 1.82) is 0 Å². The van der Waals surface area contributed by atoms with Crippen LogP contribution in [-0.2, 0) is 6.54 Å². The molecule has 7 nitrogen and oxygen atoms in total. The normalized spacial score (nSPS) is 12.5. The number of carbonyl (C=O) groups is 1. The number of fused-ring (bicyclic) bond motifs is 1. The van der Waals surface area contributed by atoms with Crippen LogP contribution in [0.5, 0.6) is 11.5 Å². The Morgan fingerprint density at radius 2 is 1.85 bits per heavy atom. The van der Waals surface area contributed by atoms with E-state index in [1.54, 1.807) is 18.2 Å². The van der Waals surface area contributed by atoms with E-state index in [2.05, 4.69) is 15.6 Å². The zero-order chi connectivity index (χ0) is 17.8. The van der Waals surface area contributed by atoms with E-state index >= 15 is 0 Å². The molecule has 3 aromatic rings. The van der Waals surface area contributed by atoms with Gasteiger partial charge in [-0.2, -0.15) is 0 Å². The summed E-state index contributed by atoms with van der Waals surface area (Å²) in [5, 5.41) is 5.50. The molecule has 1 aliphatic heterocycles. The highest BCUT2D eigenvalue weighted by Crippen LogP contribution is 2.32. The summed E-state index contributed by atoms with van der Waals surface area (Å²) in [4.78, 5) is 16.4. The van der Waals surface area contributed by atoms with E-state index in [1.807, 2.05) is 30.3 Å². The second kappa shape index (κ2) is 7.18. The smallest absolute Gasteiger partial charge is 0.319 e. The largest absolute Gasteiger partial charge is 0.486 e. The summed E-state index contributed by atoms with van der Waals surface area (Å²) in [6, 6.07) is 14.5. The van der Waals surface area contributed by atoms with Gasteiger partial charge in [-0.15, -0.1) is 0 Å². The number of ether oxygens (including phenoxy) is 2. The molecule has 0 bridgehead atoms. The van der Waals surface area contributed by atoms with E-state index in [4.69, 9.17) is 13.9 Å². The van der Waals surface area contributed by atoms with Gasteiger partial charge in [-0.3, -0.25) is 0 Å². The van der Waals surface area contributed by atoms with Gasteiger partial charge in [-0.05, 0) is 24.3 Å². The van der Waals surface area contributed by atoms with Crippen LogP contribution in [-0.4, -0.2) is 24.2 Å². The van der Waals surface area contributed by atoms with Gasteiger partial charge in [0, 0.05) is 17.3 Å². The van der Waals surface area contributed by atoms with Crippen molar-refractivity contribution in [2.24, 2.45) is 0 Å². The number of rotatable bonds is 4. The van der Waals surface area contributed by atoms with Crippen molar-refractivity contribution < 1.29 is 18.7 Å². The zero-order valence-corrected chi connectivity index (χ0v) is 13.9. The third kappa shape index (κ3) is 3.61. The van der Waals surface area contributed by atoms with Crippen LogP contribution in [0.2, 0.25) is 0 Å². The lowest BCUT2D eigenvalue weighted by Gasteiger charge is -2.19. The van der Waals surface area contributed by atoms with Gasteiger partial charge in [0.25, 0.3) is 0 Å². The van der Waals surface area contributed by atoms with E-state index in [9.17, 15) is 4.79 Å². The first-order valence-electron chi connectivity index (χ1n) is 8.22. The standard InChI is InChI=1S/C19H17N3O4/c23-19(22-14-6-7-16-17(10-14)25-9-8-24-16)20-11-15-12-26-18(21-15)13-4-2-1-3-5-13/h1-7,10,12H,8-9,11H2,(H2,20,22,23). The third-order valence-corrected chi connectivity index (χ3v) is 3.80. The maximum atomic E-state index is 12.1. The minimum atomic E-state index is -0.342. The molecule has 0 saturated heterocycles. The van der Waals surface area contributed by atoms with Gasteiger partial charge in [-0.25, -0.2) is 9.78 Å². The first-order chi connectivity index (χ1) is 12.8. The number of aromatic nitrogens is 1. The minimum Gasteiger partial charge on any atom is -0.486 e. The minimum absolute atomic E-state index is 0.257. The first-order valence-corrected chi connectivity index (χ1v) is 8.22. The average molecular weight is 351 g/mol. The molecule has 26 heavy (non-hydrogen) atoms. The van der Waals surface area contributed by atoms with Crippen LogP contribution in [0.3, 0.4) is 0 Å². The Hall–Kier alpha value is -3.48. The van der Waals surface area contributed by atoms with Crippen molar-refractivity contribution >= 4 is 11.7 Å². The highest BCUT2D eigenvalue weighted by molar-refractivity contribution is 5.89. The fraction of sp³-hybridized carbons (Fsp3) is 0.158. The number of oxazole rings is 1. The van der Waals surface area contributed by atoms with Crippen LogP contribution in [0.25, 0.3) is 11.5 Å². The van der Waals surface area contributed by atoms with E-state index in [-0.39, 0.29) is 12.6 Å². The molecule has 0 radical (unpaired) electrons. The summed E-state index contributed by atoms with van der Waals surface area (Å²) in [5.74, 6) is 1.82. The first kappa shape index (κ1) is 16.0. The maximum absolute atomic E-state index is 12.1. The Balaban J connectivity index is 1.34. The van der Waals surface area contributed by atoms with Crippen molar-refractivity contribution in [3.63, 3.8) is 0 Å². The molecule has 2 heterocycles. The molecule has 1 aromatic heterocycles. The van der Waals surface area contributed by atoms with E-state index in [1.165, 1.54) is 6.26 Å². The summed E-state index contributed by atoms with van der Waals surface area (Å²) >= 11 is 0. The van der Waals surface area contributed by atoms with Crippen molar-refractivity contribution in [2.45, 2.75) is 6.54 Å². The topological polar surface area (TPSA) is 85.6 Å². The molecular weight excluding hydrogens is 334 g/mol. The Labute approximate surface area is 150 Å². The molecule has 2 amide bonds. The predicted octanol–water partition coefficient (Wildman–Crippen LogP) is 3.43. The number of carbonyl (C=O) groups excluding carboxylic acids is 1. The third-order valence-electron chi connectivity index (χ3n) is 3.80. The lowest BCUT2D eigenvalue weighted by atomic mass is 10.2. The van der Waals surface area contributed by atoms with E-state index in [0.29, 0.717) is 42.0 Å². The van der Waals surface area contributed by atoms with Crippen molar-refractivity contribution in [1.82, 2.24) is 10.3 Å². The molecule has 132 valence electrons. The van der Waals surface area contributed by atoms with Gasteiger partial charge in [0.1, 0.15) is 19.5 Å². The molecule has 0 fully saturated rings. The number of benzene rings is 2. The second-order valence-electron chi connectivity index (χ2n) is 5.68. The van der Waals surface area contributed by atoms with Gasteiger partial charge in [0.05, 0.1) is 12.2 Å². The predicted molar refractivity (Wildman–Crippen MR) is 95.2 cm³/mol. The SMILES string of the molecule is O=C(NCc1coc(-c2ccccc2)n1)Nc1ccc2c(c1)OCCO2. The highest BCUT2D eigenvalue weighted by Gasteiger charge is 2.13. The fourth-order valence-electron chi connectivity index (χ4n) is 2.57. The van der Waals surface area contributed by atoms with E-state index < -0.39 is 0 Å².